The number of alkyl halides is 3. The normalized spacial score (nSPS) is 13.0. The van der Waals surface area contributed by atoms with Gasteiger partial charge in [-0.05, 0) is 58.7 Å². The van der Waals surface area contributed by atoms with Crippen LogP contribution < -0.4 is 5.32 Å². The highest BCUT2D eigenvalue weighted by Crippen LogP contribution is 2.31. The molecule has 1 atom stereocenters. The molecule has 0 amide bonds. The molecule has 0 saturated carbocycles. The van der Waals surface area contributed by atoms with Gasteiger partial charge in [-0.1, -0.05) is 12.1 Å². The first-order valence-electron chi connectivity index (χ1n) is 6.16. The van der Waals surface area contributed by atoms with E-state index in [0.29, 0.717) is 15.7 Å². The van der Waals surface area contributed by atoms with Crippen molar-refractivity contribution in [1.29, 1.82) is 0 Å². The van der Waals surface area contributed by atoms with Crippen molar-refractivity contribution in [3.63, 3.8) is 0 Å². The zero-order valence-corrected chi connectivity index (χ0v) is 12.6. The van der Waals surface area contributed by atoms with Crippen molar-refractivity contribution in [2.75, 3.05) is 5.32 Å². The van der Waals surface area contributed by atoms with Gasteiger partial charge in [-0.15, -0.1) is 0 Å². The van der Waals surface area contributed by atoms with Crippen molar-refractivity contribution in [3.8, 4) is 0 Å². The Labute approximate surface area is 128 Å². The number of rotatable bonds is 3. The summed E-state index contributed by atoms with van der Waals surface area (Å²) >= 11 is 3.29. The molecule has 0 aliphatic rings. The van der Waals surface area contributed by atoms with Crippen LogP contribution in [0.2, 0.25) is 0 Å². The molecule has 0 heterocycles. The summed E-state index contributed by atoms with van der Waals surface area (Å²) in [6, 6.07) is 8.84. The van der Waals surface area contributed by atoms with E-state index in [9.17, 15) is 17.6 Å². The van der Waals surface area contributed by atoms with E-state index in [1.54, 1.807) is 13.0 Å². The van der Waals surface area contributed by atoms with Crippen LogP contribution in [0.15, 0.2) is 46.9 Å². The van der Waals surface area contributed by atoms with E-state index in [2.05, 4.69) is 21.2 Å². The molecule has 0 aliphatic heterocycles. The summed E-state index contributed by atoms with van der Waals surface area (Å²) in [5.74, 6) is -0.389. The van der Waals surface area contributed by atoms with Crippen molar-refractivity contribution >= 4 is 21.6 Å². The Bertz CT molecular complexity index is 623. The molecule has 0 fully saturated rings. The highest BCUT2D eigenvalue weighted by atomic mass is 79.9. The minimum Gasteiger partial charge on any atom is -0.378 e. The number of benzene rings is 2. The Morgan fingerprint density at radius 3 is 2.24 bits per heavy atom. The van der Waals surface area contributed by atoms with Gasteiger partial charge in [0.1, 0.15) is 5.82 Å². The van der Waals surface area contributed by atoms with E-state index in [-0.39, 0.29) is 11.9 Å². The zero-order valence-electron chi connectivity index (χ0n) is 11.0. The molecule has 6 heteroatoms. The molecule has 0 aromatic heterocycles. The maximum atomic E-state index is 13.2. The third-order valence-electron chi connectivity index (χ3n) is 3.04. The van der Waals surface area contributed by atoms with Gasteiger partial charge in [0.05, 0.1) is 11.3 Å². The summed E-state index contributed by atoms with van der Waals surface area (Å²) in [7, 11) is 0. The molecule has 0 saturated heterocycles. The number of hydrogen-bond acceptors (Lipinski definition) is 1. The van der Waals surface area contributed by atoms with Gasteiger partial charge in [0.15, 0.2) is 0 Å². The van der Waals surface area contributed by atoms with Crippen LogP contribution in [0.4, 0.5) is 23.2 Å². The third kappa shape index (κ3) is 3.97. The fourth-order valence-electron chi connectivity index (χ4n) is 1.89. The maximum absolute atomic E-state index is 13.2. The lowest BCUT2D eigenvalue weighted by Gasteiger charge is -2.17. The average Bonchev–Trinajstić information content (AvgIpc) is 2.42. The smallest absolute Gasteiger partial charge is 0.378 e. The first kappa shape index (κ1) is 15.8. The van der Waals surface area contributed by atoms with Gasteiger partial charge < -0.3 is 5.32 Å². The van der Waals surface area contributed by atoms with Gasteiger partial charge in [0, 0.05) is 10.5 Å². The standard InChI is InChI=1S/C15H12BrF4N/c1-9(21-14-8-12(17)6-7-13(14)16)10-2-4-11(5-3-10)15(18,19)20/h2-9,21H,1H3. The van der Waals surface area contributed by atoms with Gasteiger partial charge in [0.25, 0.3) is 0 Å². The summed E-state index contributed by atoms with van der Waals surface area (Å²) in [5, 5.41) is 3.06. The molecular formula is C15H12BrF4N. The second-order valence-electron chi connectivity index (χ2n) is 4.61. The largest absolute Gasteiger partial charge is 0.416 e. The van der Waals surface area contributed by atoms with Crippen LogP contribution in [0.1, 0.15) is 24.1 Å². The van der Waals surface area contributed by atoms with Crippen molar-refractivity contribution in [1.82, 2.24) is 0 Å². The first-order chi connectivity index (χ1) is 9.77. The lowest BCUT2D eigenvalue weighted by Crippen LogP contribution is -2.09. The lowest BCUT2D eigenvalue weighted by molar-refractivity contribution is -0.137. The Kier molecular flexibility index (Phi) is 4.56. The van der Waals surface area contributed by atoms with Gasteiger partial charge in [-0.25, -0.2) is 4.39 Å². The van der Waals surface area contributed by atoms with Crippen molar-refractivity contribution in [3.05, 3.63) is 63.9 Å². The van der Waals surface area contributed by atoms with Gasteiger partial charge >= 0.3 is 6.18 Å². The van der Waals surface area contributed by atoms with Crippen molar-refractivity contribution in [2.24, 2.45) is 0 Å². The SMILES string of the molecule is CC(Nc1cc(F)ccc1Br)c1ccc(C(F)(F)F)cc1. The van der Waals surface area contributed by atoms with E-state index < -0.39 is 11.7 Å². The molecule has 0 spiro atoms. The van der Waals surface area contributed by atoms with Crippen molar-refractivity contribution < 1.29 is 17.6 Å². The topological polar surface area (TPSA) is 12.0 Å². The highest BCUT2D eigenvalue weighted by Gasteiger charge is 2.30. The monoisotopic (exact) mass is 361 g/mol. The van der Waals surface area contributed by atoms with Crippen LogP contribution in [0.3, 0.4) is 0 Å². The van der Waals surface area contributed by atoms with Crippen LogP contribution in [0.5, 0.6) is 0 Å². The van der Waals surface area contributed by atoms with E-state index >= 15 is 0 Å². The van der Waals surface area contributed by atoms with Crippen molar-refractivity contribution in [2.45, 2.75) is 19.1 Å². The van der Waals surface area contributed by atoms with Crippen LogP contribution in [-0.2, 0) is 6.18 Å². The number of halogens is 5. The predicted molar refractivity (Wildman–Crippen MR) is 77.6 cm³/mol. The number of nitrogens with one attached hydrogen (secondary N) is 1. The Morgan fingerprint density at radius 2 is 1.67 bits per heavy atom. The summed E-state index contributed by atoms with van der Waals surface area (Å²) < 4.78 is 51.4. The van der Waals surface area contributed by atoms with Gasteiger partial charge in [-0.2, -0.15) is 13.2 Å². The maximum Gasteiger partial charge on any atom is 0.416 e. The fourth-order valence-corrected chi connectivity index (χ4v) is 2.25. The second kappa shape index (κ2) is 6.05. The summed E-state index contributed by atoms with van der Waals surface area (Å²) in [6.45, 7) is 1.79. The molecule has 0 bridgehead atoms. The molecule has 2 rings (SSSR count). The lowest BCUT2D eigenvalue weighted by atomic mass is 10.1. The first-order valence-corrected chi connectivity index (χ1v) is 6.95. The molecule has 2 aromatic carbocycles. The molecule has 2 aromatic rings. The summed E-state index contributed by atoms with van der Waals surface area (Å²) in [4.78, 5) is 0. The Hall–Kier alpha value is -1.56. The highest BCUT2D eigenvalue weighted by molar-refractivity contribution is 9.10. The minimum absolute atomic E-state index is 0.259. The molecular weight excluding hydrogens is 350 g/mol. The van der Waals surface area contributed by atoms with E-state index in [0.717, 1.165) is 12.1 Å². The van der Waals surface area contributed by atoms with Crippen LogP contribution in [0.25, 0.3) is 0 Å². The van der Waals surface area contributed by atoms with Crippen LogP contribution in [-0.4, -0.2) is 0 Å². The summed E-state index contributed by atoms with van der Waals surface area (Å²) in [5.41, 5.74) is 0.534. The zero-order chi connectivity index (χ0) is 15.6. The third-order valence-corrected chi connectivity index (χ3v) is 3.73. The molecule has 1 N–H and O–H groups in total. The van der Waals surface area contributed by atoms with E-state index in [1.807, 2.05) is 0 Å². The van der Waals surface area contributed by atoms with E-state index in [4.69, 9.17) is 0 Å². The molecule has 21 heavy (non-hydrogen) atoms. The van der Waals surface area contributed by atoms with Crippen LogP contribution in [0, 0.1) is 5.82 Å². The van der Waals surface area contributed by atoms with Crippen LogP contribution >= 0.6 is 15.9 Å². The predicted octanol–water partition coefficient (Wildman–Crippen LogP) is 5.78. The minimum atomic E-state index is -4.35. The molecule has 1 unspecified atom stereocenters. The summed E-state index contributed by atoms with van der Waals surface area (Å²) in [6.07, 6.45) is -4.35. The molecule has 1 nitrogen and oxygen atoms in total. The molecule has 0 radical (unpaired) electrons. The van der Waals surface area contributed by atoms with Gasteiger partial charge in [-0.3, -0.25) is 0 Å². The second-order valence-corrected chi connectivity index (χ2v) is 5.46. The average molecular weight is 362 g/mol. The van der Waals surface area contributed by atoms with E-state index in [1.165, 1.54) is 24.3 Å². The van der Waals surface area contributed by atoms with Gasteiger partial charge in [0.2, 0.25) is 0 Å². The quantitative estimate of drug-likeness (QED) is 0.683. The number of hydrogen-bond donors (Lipinski definition) is 1. The fraction of sp³-hybridized carbons (Fsp3) is 0.200. The Balaban J connectivity index is 2.17. The Morgan fingerprint density at radius 1 is 1.05 bits per heavy atom. The molecule has 0 aliphatic carbocycles. The molecule has 112 valence electrons. The number of anilines is 1.